The van der Waals surface area contributed by atoms with Gasteiger partial charge < -0.3 is 19.8 Å². The van der Waals surface area contributed by atoms with Gasteiger partial charge in [-0.2, -0.15) is 0 Å². The van der Waals surface area contributed by atoms with Crippen molar-refractivity contribution in [2.24, 2.45) is 5.92 Å². The number of fused-ring (bicyclic) bond motifs is 1. The number of aromatic nitrogens is 1. The highest BCUT2D eigenvalue weighted by molar-refractivity contribution is 5.84. The molecule has 1 fully saturated rings. The van der Waals surface area contributed by atoms with Gasteiger partial charge in [0, 0.05) is 31.2 Å². The van der Waals surface area contributed by atoms with Gasteiger partial charge in [-0.3, -0.25) is 19.5 Å². The Balaban J connectivity index is 1.44. The first kappa shape index (κ1) is 21.0. The lowest BCUT2D eigenvalue weighted by Crippen LogP contribution is -2.45. The number of pyridine rings is 1. The van der Waals surface area contributed by atoms with Gasteiger partial charge in [-0.25, -0.2) is 0 Å². The Hall–Kier alpha value is -2.71. The molecule has 1 atom stereocenters. The number of carboxylic acid groups (broad SMARTS) is 1. The highest BCUT2D eigenvalue weighted by Gasteiger charge is 2.27. The number of ether oxygens (including phenoxy) is 1. The highest BCUT2D eigenvalue weighted by Crippen LogP contribution is 2.23. The highest BCUT2D eigenvalue weighted by atomic mass is 16.5. The number of piperidine rings is 1. The lowest BCUT2D eigenvalue weighted by Gasteiger charge is -2.31. The summed E-state index contributed by atoms with van der Waals surface area (Å²) in [5, 5.41) is 20.2. The summed E-state index contributed by atoms with van der Waals surface area (Å²) >= 11 is 0. The maximum absolute atomic E-state index is 12.4. The van der Waals surface area contributed by atoms with Gasteiger partial charge in [0.05, 0.1) is 18.0 Å². The fourth-order valence-electron chi connectivity index (χ4n) is 3.57. The summed E-state index contributed by atoms with van der Waals surface area (Å²) in [5.41, 5.74) is 0.828. The van der Waals surface area contributed by atoms with E-state index in [-0.39, 0.29) is 25.0 Å². The number of nitrogens with zero attached hydrogens (tertiary/aromatic N) is 3. The number of aliphatic hydroxyl groups excluding tert-OH is 1. The third-order valence-corrected chi connectivity index (χ3v) is 5.16. The van der Waals surface area contributed by atoms with Crippen LogP contribution in [0.1, 0.15) is 12.8 Å². The molecule has 8 heteroatoms. The number of likely N-dealkylation sites (N-methyl/N-ethyl adjacent to an activating group) is 1. The van der Waals surface area contributed by atoms with Crippen molar-refractivity contribution in [3.63, 3.8) is 0 Å². The van der Waals surface area contributed by atoms with E-state index in [1.165, 1.54) is 0 Å². The zero-order valence-corrected chi connectivity index (χ0v) is 16.5. The number of aliphatic carboxylic acids is 1. The van der Waals surface area contributed by atoms with Gasteiger partial charge in [0.25, 0.3) is 0 Å². The fraction of sp³-hybridized carbons (Fsp3) is 0.476. The molecule has 29 heavy (non-hydrogen) atoms. The molecule has 0 unspecified atom stereocenters. The Bertz CT molecular complexity index is 846. The molecule has 0 saturated carbocycles. The summed E-state index contributed by atoms with van der Waals surface area (Å²) in [7, 11) is 1.77. The second-order valence-corrected chi connectivity index (χ2v) is 7.48. The van der Waals surface area contributed by atoms with Gasteiger partial charge in [-0.1, -0.05) is 6.07 Å². The molecule has 1 amide bonds. The molecule has 0 aliphatic carbocycles. The number of benzene rings is 1. The van der Waals surface area contributed by atoms with Gasteiger partial charge in [0.1, 0.15) is 18.5 Å². The van der Waals surface area contributed by atoms with E-state index in [1.807, 2.05) is 30.3 Å². The molecule has 1 saturated heterocycles. The van der Waals surface area contributed by atoms with Crippen LogP contribution in [0.4, 0.5) is 0 Å². The van der Waals surface area contributed by atoms with Crippen molar-refractivity contribution in [2.45, 2.75) is 18.9 Å². The van der Waals surface area contributed by atoms with Crippen LogP contribution in [0.5, 0.6) is 5.75 Å². The molecule has 2 N–H and O–H groups in total. The Morgan fingerprint density at radius 1 is 1.28 bits per heavy atom. The number of aliphatic hydroxyl groups is 1. The van der Waals surface area contributed by atoms with Gasteiger partial charge in [-0.05, 0) is 44.2 Å². The predicted molar refractivity (Wildman–Crippen MR) is 108 cm³/mol. The maximum Gasteiger partial charge on any atom is 0.306 e. The number of amides is 1. The molecule has 0 spiro atoms. The van der Waals surface area contributed by atoms with E-state index in [1.54, 1.807) is 23.0 Å². The average molecular weight is 401 g/mol. The van der Waals surface area contributed by atoms with Crippen molar-refractivity contribution in [3.8, 4) is 5.75 Å². The number of carbonyl (C=O) groups is 2. The average Bonchev–Trinajstić information content (AvgIpc) is 2.72. The Labute approximate surface area is 169 Å². The minimum Gasteiger partial charge on any atom is -0.490 e. The quantitative estimate of drug-likeness (QED) is 0.686. The van der Waals surface area contributed by atoms with E-state index in [9.17, 15) is 14.7 Å². The molecular formula is C21H27N3O5. The van der Waals surface area contributed by atoms with Crippen LogP contribution in [-0.2, 0) is 9.59 Å². The van der Waals surface area contributed by atoms with Gasteiger partial charge in [0.15, 0.2) is 0 Å². The molecule has 8 nitrogen and oxygen atoms in total. The molecule has 3 rings (SSSR count). The van der Waals surface area contributed by atoms with E-state index < -0.39 is 12.1 Å². The Kier molecular flexibility index (Phi) is 7.00. The van der Waals surface area contributed by atoms with Crippen LogP contribution in [0.15, 0.2) is 36.5 Å². The summed E-state index contributed by atoms with van der Waals surface area (Å²) < 4.78 is 5.77. The maximum atomic E-state index is 12.4. The second kappa shape index (κ2) is 9.67. The molecule has 2 heterocycles. The van der Waals surface area contributed by atoms with Crippen LogP contribution >= 0.6 is 0 Å². The molecule has 1 aliphatic rings. The minimum absolute atomic E-state index is 0.0513. The topological polar surface area (TPSA) is 103 Å². The van der Waals surface area contributed by atoms with Crippen molar-refractivity contribution in [1.82, 2.24) is 14.8 Å². The molecule has 2 aromatic rings. The normalized spacial score (nSPS) is 16.2. The van der Waals surface area contributed by atoms with Crippen LogP contribution in [0, 0.1) is 5.92 Å². The molecule has 1 aromatic carbocycles. The van der Waals surface area contributed by atoms with Crippen molar-refractivity contribution < 1.29 is 24.5 Å². The predicted octanol–water partition coefficient (Wildman–Crippen LogP) is 1.23. The van der Waals surface area contributed by atoms with Crippen LogP contribution in [0.2, 0.25) is 0 Å². The summed E-state index contributed by atoms with van der Waals surface area (Å²) in [5.74, 6) is -0.543. The van der Waals surface area contributed by atoms with Crippen molar-refractivity contribution in [3.05, 3.63) is 36.5 Å². The summed E-state index contributed by atoms with van der Waals surface area (Å²) in [4.78, 5) is 31.2. The molecule has 156 valence electrons. The van der Waals surface area contributed by atoms with E-state index in [0.29, 0.717) is 38.2 Å². The van der Waals surface area contributed by atoms with E-state index in [4.69, 9.17) is 9.84 Å². The summed E-state index contributed by atoms with van der Waals surface area (Å²) in [6.07, 6.45) is 1.94. The van der Waals surface area contributed by atoms with Gasteiger partial charge in [0.2, 0.25) is 5.91 Å². The van der Waals surface area contributed by atoms with Crippen LogP contribution in [0.3, 0.4) is 0 Å². The Morgan fingerprint density at radius 2 is 2.03 bits per heavy atom. The van der Waals surface area contributed by atoms with Crippen molar-refractivity contribution in [2.75, 3.05) is 39.8 Å². The molecule has 0 radical (unpaired) electrons. The largest absolute Gasteiger partial charge is 0.490 e. The smallest absolute Gasteiger partial charge is 0.306 e. The first-order chi connectivity index (χ1) is 13.9. The van der Waals surface area contributed by atoms with Crippen LogP contribution in [-0.4, -0.2) is 82.8 Å². The van der Waals surface area contributed by atoms with E-state index >= 15 is 0 Å². The van der Waals surface area contributed by atoms with Crippen molar-refractivity contribution >= 4 is 22.8 Å². The zero-order valence-electron chi connectivity index (χ0n) is 16.5. The molecular weight excluding hydrogens is 374 g/mol. The van der Waals surface area contributed by atoms with Gasteiger partial charge in [-0.15, -0.1) is 0 Å². The van der Waals surface area contributed by atoms with Crippen LogP contribution in [0.25, 0.3) is 10.9 Å². The molecule has 0 bridgehead atoms. The summed E-state index contributed by atoms with van der Waals surface area (Å²) in [6.45, 7) is 1.50. The van der Waals surface area contributed by atoms with Crippen LogP contribution < -0.4 is 4.74 Å². The summed E-state index contributed by atoms with van der Waals surface area (Å²) in [6, 6.07) is 9.35. The number of carboxylic acids is 1. The third-order valence-electron chi connectivity index (χ3n) is 5.16. The number of hydrogen-bond donors (Lipinski definition) is 2. The zero-order chi connectivity index (χ0) is 20.8. The third kappa shape index (κ3) is 5.65. The molecule has 1 aromatic heterocycles. The number of rotatable bonds is 8. The second-order valence-electron chi connectivity index (χ2n) is 7.48. The lowest BCUT2D eigenvalue weighted by atomic mass is 9.97. The number of likely N-dealkylation sites (tertiary alicyclic amines) is 1. The molecule has 1 aliphatic heterocycles. The van der Waals surface area contributed by atoms with E-state index in [2.05, 4.69) is 4.98 Å². The first-order valence-electron chi connectivity index (χ1n) is 9.77. The SMILES string of the molecule is CN(CC(=O)N1CCC(C(=O)O)CC1)C[C@@H](O)COc1cccc2ncccc12. The standard InChI is InChI=1S/C21H27N3O5/c1-23(13-20(26)24-10-7-15(8-11-24)21(27)28)12-16(25)14-29-19-6-2-5-18-17(19)4-3-9-22-18/h2-6,9,15-16,25H,7-8,10-14H2,1H3,(H,27,28)/t16-/m1/s1. The minimum atomic E-state index is -0.792. The number of carbonyl (C=O) groups excluding carboxylic acids is 1. The van der Waals surface area contributed by atoms with Gasteiger partial charge >= 0.3 is 5.97 Å². The van der Waals surface area contributed by atoms with Crippen molar-refractivity contribution in [1.29, 1.82) is 0 Å². The monoisotopic (exact) mass is 401 g/mol. The fourth-order valence-corrected chi connectivity index (χ4v) is 3.57. The number of hydrogen-bond acceptors (Lipinski definition) is 6. The first-order valence-corrected chi connectivity index (χ1v) is 9.77. The van der Waals surface area contributed by atoms with E-state index in [0.717, 1.165) is 10.9 Å². The Morgan fingerprint density at radius 3 is 2.76 bits per heavy atom. The lowest BCUT2D eigenvalue weighted by molar-refractivity contribution is -0.146.